The van der Waals surface area contributed by atoms with Gasteiger partial charge >= 0.3 is 0 Å². The zero-order chi connectivity index (χ0) is 16.9. The first-order chi connectivity index (χ1) is 11.7. The highest BCUT2D eigenvalue weighted by atomic mass is 16.3. The Morgan fingerprint density at radius 2 is 2.12 bits per heavy atom. The number of hydrogen-bond donors (Lipinski definition) is 3. The maximum atomic E-state index is 9.06. The Morgan fingerprint density at radius 3 is 2.83 bits per heavy atom. The van der Waals surface area contributed by atoms with Gasteiger partial charge in [0.25, 0.3) is 0 Å². The zero-order valence-corrected chi connectivity index (χ0v) is 13.8. The summed E-state index contributed by atoms with van der Waals surface area (Å²) in [5, 5.41) is 15.4. The van der Waals surface area contributed by atoms with Gasteiger partial charge in [-0.15, -0.1) is 0 Å². The van der Waals surface area contributed by atoms with E-state index < -0.39 is 0 Å². The van der Waals surface area contributed by atoms with Crippen LogP contribution < -0.4 is 10.6 Å². The predicted octanol–water partition coefficient (Wildman–Crippen LogP) is 1.82. The van der Waals surface area contributed by atoms with Crippen LogP contribution in [-0.2, 0) is 6.54 Å². The summed E-state index contributed by atoms with van der Waals surface area (Å²) >= 11 is 0. The molecule has 0 radical (unpaired) electrons. The van der Waals surface area contributed by atoms with E-state index >= 15 is 0 Å². The van der Waals surface area contributed by atoms with Gasteiger partial charge in [-0.1, -0.05) is 6.07 Å². The molecule has 0 saturated carbocycles. The minimum Gasteiger partial charge on any atom is -0.395 e. The van der Waals surface area contributed by atoms with E-state index in [9.17, 15) is 0 Å². The van der Waals surface area contributed by atoms with Gasteiger partial charge in [-0.2, -0.15) is 9.97 Å². The monoisotopic (exact) mass is 327 g/mol. The Balaban J connectivity index is 1.92. The highest BCUT2D eigenvalue weighted by Crippen LogP contribution is 2.23. The van der Waals surface area contributed by atoms with E-state index in [2.05, 4.69) is 44.4 Å². The van der Waals surface area contributed by atoms with Crippen LogP contribution in [-0.4, -0.2) is 42.8 Å². The molecule has 0 amide bonds. The predicted molar refractivity (Wildman–Crippen MR) is 92.8 cm³/mol. The van der Waals surface area contributed by atoms with Crippen LogP contribution in [0.2, 0.25) is 0 Å². The van der Waals surface area contributed by atoms with Crippen LogP contribution in [0.15, 0.2) is 30.9 Å². The number of aliphatic hydroxyl groups is 1. The summed E-state index contributed by atoms with van der Waals surface area (Å²) in [7, 11) is 0. The highest BCUT2D eigenvalue weighted by molar-refractivity contribution is 5.84. The molecule has 126 valence electrons. The number of hydrogen-bond acceptors (Lipinski definition) is 7. The minimum absolute atomic E-state index is 0.0227. The molecular formula is C16H21N7O. The van der Waals surface area contributed by atoms with E-state index in [4.69, 9.17) is 5.11 Å². The normalized spacial score (nSPS) is 11.2. The van der Waals surface area contributed by atoms with Gasteiger partial charge in [0.2, 0.25) is 5.95 Å². The number of fused-ring (bicyclic) bond motifs is 1. The van der Waals surface area contributed by atoms with Crippen molar-refractivity contribution in [1.29, 1.82) is 0 Å². The van der Waals surface area contributed by atoms with Crippen molar-refractivity contribution >= 4 is 22.9 Å². The number of aliphatic hydroxyl groups excluding tert-OH is 1. The molecule has 0 bridgehead atoms. The molecule has 0 aliphatic heterocycles. The van der Waals surface area contributed by atoms with Crippen LogP contribution in [0.25, 0.3) is 11.2 Å². The van der Waals surface area contributed by atoms with Crippen molar-refractivity contribution in [3.8, 4) is 0 Å². The summed E-state index contributed by atoms with van der Waals surface area (Å²) in [4.78, 5) is 17.6. The van der Waals surface area contributed by atoms with Gasteiger partial charge in [0.1, 0.15) is 0 Å². The third kappa shape index (κ3) is 3.43. The molecule has 3 heterocycles. The number of pyridine rings is 1. The lowest BCUT2D eigenvalue weighted by molar-refractivity contribution is 0.311. The van der Waals surface area contributed by atoms with Crippen molar-refractivity contribution in [3.05, 3.63) is 36.4 Å². The Bertz CT molecular complexity index is 801. The first-order valence-corrected chi connectivity index (χ1v) is 7.91. The lowest BCUT2D eigenvalue weighted by Gasteiger charge is -2.11. The molecule has 24 heavy (non-hydrogen) atoms. The molecule has 0 atom stereocenters. The summed E-state index contributed by atoms with van der Waals surface area (Å²) in [5.74, 6) is 1.12. The number of aromatic nitrogens is 5. The minimum atomic E-state index is 0.0227. The number of nitrogens with one attached hydrogen (secondary N) is 2. The number of rotatable bonds is 7. The van der Waals surface area contributed by atoms with Gasteiger partial charge in [-0.3, -0.25) is 4.98 Å². The molecule has 0 spiro atoms. The number of nitrogens with zero attached hydrogens (tertiary/aromatic N) is 5. The van der Waals surface area contributed by atoms with Crippen LogP contribution in [0.3, 0.4) is 0 Å². The summed E-state index contributed by atoms with van der Waals surface area (Å²) in [5.41, 5.74) is 2.50. The Labute approximate surface area is 140 Å². The van der Waals surface area contributed by atoms with Gasteiger partial charge in [0, 0.05) is 31.5 Å². The van der Waals surface area contributed by atoms with E-state index in [1.807, 2.05) is 16.7 Å². The lowest BCUT2D eigenvalue weighted by Crippen LogP contribution is -2.11. The fourth-order valence-electron chi connectivity index (χ4n) is 2.35. The molecule has 8 heteroatoms. The van der Waals surface area contributed by atoms with Crippen molar-refractivity contribution < 1.29 is 5.11 Å². The van der Waals surface area contributed by atoms with Gasteiger partial charge in [0.15, 0.2) is 17.0 Å². The fraction of sp³-hybridized carbons (Fsp3) is 0.375. The van der Waals surface area contributed by atoms with E-state index in [0.29, 0.717) is 30.4 Å². The summed E-state index contributed by atoms with van der Waals surface area (Å²) in [6.45, 7) is 5.16. The van der Waals surface area contributed by atoms with E-state index in [1.54, 1.807) is 18.7 Å². The molecule has 0 aliphatic carbocycles. The molecule has 3 N–H and O–H groups in total. The molecule has 0 saturated heterocycles. The van der Waals surface area contributed by atoms with Crippen molar-refractivity contribution in [3.63, 3.8) is 0 Å². The van der Waals surface area contributed by atoms with Gasteiger partial charge in [-0.05, 0) is 25.5 Å². The average Bonchev–Trinajstić information content (AvgIpc) is 3.03. The summed E-state index contributed by atoms with van der Waals surface area (Å²) in [6, 6.07) is 4.12. The van der Waals surface area contributed by atoms with Gasteiger partial charge in [0.05, 0.1) is 12.9 Å². The molecule has 0 aromatic carbocycles. The molecule has 0 fully saturated rings. The molecule has 0 unspecified atom stereocenters. The molecule has 8 nitrogen and oxygen atoms in total. The molecule has 3 aromatic rings. The third-order valence-corrected chi connectivity index (χ3v) is 3.56. The number of imidazole rings is 1. The quantitative estimate of drug-likeness (QED) is 0.608. The Hall–Kier alpha value is -2.74. The SMILES string of the molecule is CC(C)n1cnc2c(NCCO)nc(NCc3cccnc3)nc21. The first-order valence-electron chi connectivity index (χ1n) is 7.91. The smallest absolute Gasteiger partial charge is 0.227 e. The second-order valence-electron chi connectivity index (χ2n) is 5.68. The van der Waals surface area contributed by atoms with Crippen molar-refractivity contribution in [2.45, 2.75) is 26.4 Å². The van der Waals surface area contributed by atoms with Crippen LogP contribution in [0, 0.1) is 0 Å². The largest absolute Gasteiger partial charge is 0.395 e. The van der Waals surface area contributed by atoms with Crippen LogP contribution >= 0.6 is 0 Å². The molecule has 3 rings (SSSR count). The van der Waals surface area contributed by atoms with Gasteiger partial charge < -0.3 is 20.3 Å². The maximum Gasteiger partial charge on any atom is 0.227 e. The van der Waals surface area contributed by atoms with E-state index in [1.165, 1.54) is 0 Å². The number of anilines is 2. The van der Waals surface area contributed by atoms with Crippen molar-refractivity contribution in [1.82, 2.24) is 24.5 Å². The standard InChI is InChI=1S/C16H21N7O/c1-11(2)23-10-20-13-14(18-6-7-24)21-16(22-15(13)23)19-9-12-4-3-5-17-8-12/h3-5,8,10-11,24H,6-7,9H2,1-2H3,(H2,18,19,21,22). The molecular weight excluding hydrogens is 306 g/mol. The van der Waals surface area contributed by atoms with E-state index in [-0.39, 0.29) is 12.6 Å². The van der Waals surface area contributed by atoms with Crippen LogP contribution in [0.4, 0.5) is 11.8 Å². The van der Waals surface area contributed by atoms with Crippen molar-refractivity contribution in [2.75, 3.05) is 23.8 Å². The maximum absolute atomic E-state index is 9.06. The topological polar surface area (TPSA) is 101 Å². The highest BCUT2D eigenvalue weighted by Gasteiger charge is 2.14. The zero-order valence-electron chi connectivity index (χ0n) is 13.8. The summed E-state index contributed by atoms with van der Waals surface area (Å²) < 4.78 is 2.00. The Morgan fingerprint density at radius 1 is 1.25 bits per heavy atom. The van der Waals surface area contributed by atoms with Crippen molar-refractivity contribution in [2.24, 2.45) is 0 Å². The first kappa shape index (κ1) is 16.1. The third-order valence-electron chi connectivity index (χ3n) is 3.56. The lowest BCUT2D eigenvalue weighted by atomic mass is 10.3. The van der Waals surface area contributed by atoms with Crippen LogP contribution in [0.5, 0.6) is 0 Å². The Kier molecular flexibility index (Phi) is 4.85. The second kappa shape index (κ2) is 7.22. The average molecular weight is 327 g/mol. The second-order valence-corrected chi connectivity index (χ2v) is 5.68. The van der Waals surface area contributed by atoms with Crippen LogP contribution in [0.1, 0.15) is 25.5 Å². The molecule has 3 aromatic heterocycles. The van der Waals surface area contributed by atoms with Gasteiger partial charge in [-0.25, -0.2) is 4.98 Å². The molecule has 0 aliphatic rings. The van der Waals surface area contributed by atoms with E-state index in [0.717, 1.165) is 11.2 Å². The summed E-state index contributed by atoms with van der Waals surface area (Å²) in [6.07, 6.45) is 5.30. The fourth-order valence-corrected chi connectivity index (χ4v) is 2.35.